The number of carbonyl (C=O) groups is 3. The van der Waals surface area contributed by atoms with Crippen molar-refractivity contribution in [2.75, 3.05) is 26.2 Å². The van der Waals surface area contributed by atoms with Crippen molar-refractivity contribution in [2.24, 2.45) is 5.92 Å². The van der Waals surface area contributed by atoms with Gasteiger partial charge in [0, 0.05) is 31.7 Å². The summed E-state index contributed by atoms with van der Waals surface area (Å²) in [6.45, 7) is 9.79. The number of carbonyl (C=O) groups excluding carboxylic acids is 3. The van der Waals surface area contributed by atoms with Gasteiger partial charge >= 0.3 is 5.97 Å². The normalized spacial score (nSPS) is 16.7. The largest absolute Gasteiger partial charge is 0.461 e. The van der Waals surface area contributed by atoms with E-state index < -0.39 is 0 Å². The standard InChI is InChI=1S/C21H33N3O4/c1-5-11-22-20(26)16-8-7-12-24(13-16)18(25)10-9-17-14(3)19(23-15(17)4)21(27)28-6-2/h16,23H,5-13H2,1-4H3,(H,22,26)/t16-/m1/s1. The molecule has 7 heteroatoms. The number of rotatable bonds is 8. The fourth-order valence-corrected chi connectivity index (χ4v) is 3.77. The zero-order valence-electron chi connectivity index (χ0n) is 17.5. The van der Waals surface area contributed by atoms with Crippen LogP contribution in [0, 0.1) is 19.8 Å². The molecule has 1 aromatic rings. The molecule has 0 spiro atoms. The second-order valence-corrected chi connectivity index (χ2v) is 7.42. The van der Waals surface area contributed by atoms with Crippen molar-refractivity contribution < 1.29 is 19.1 Å². The highest BCUT2D eigenvalue weighted by molar-refractivity contribution is 5.90. The molecule has 1 aromatic heterocycles. The fraction of sp³-hybridized carbons (Fsp3) is 0.667. The fourth-order valence-electron chi connectivity index (χ4n) is 3.77. The van der Waals surface area contributed by atoms with Gasteiger partial charge < -0.3 is 19.9 Å². The van der Waals surface area contributed by atoms with Gasteiger partial charge in [0.05, 0.1) is 12.5 Å². The number of piperidine rings is 1. The maximum absolute atomic E-state index is 12.7. The monoisotopic (exact) mass is 391 g/mol. The van der Waals surface area contributed by atoms with Crippen molar-refractivity contribution in [3.05, 3.63) is 22.5 Å². The van der Waals surface area contributed by atoms with Gasteiger partial charge in [0.1, 0.15) is 5.69 Å². The highest BCUT2D eigenvalue weighted by Crippen LogP contribution is 2.22. The first-order valence-corrected chi connectivity index (χ1v) is 10.3. The number of aromatic amines is 1. The Bertz CT molecular complexity index is 711. The molecular formula is C21H33N3O4. The lowest BCUT2D eigenvalue weighted by Crippen LogP contribution is -2.45. The molecule has 1 aliphatic rings. The van der Waals surface area contributed by atoms with Crippen molar-refractivity contribution in [1.82, 2.24) is 15.2 Å². The predicted octanol–water partition coefficient (Wildman–Crippen LogP) is 2.51. The quantitative estimate of drug-likeness (QED) is 0.666. The van der Waals surface area contributed by atoms with Gasteiger partial charge in [-0.15, -0.1) is 0 Å². The second kappa shape index (κ2) is 10.3. The summed E-state index contributed by atoms with van der Waals surface area (Å²) in [6.07, 6.45) is 3.52. The topological polar surface area (TPSA) is 91.5 Å². The van der Waals surface area contributed by atoms with Crippen LogP contribution in [0.15, 0.2) is 0 Å². The number of nitrogens with one attached hydrogen (secondary N) is 2. The van der Waals surface area contributed by atoms with Gasteiger partial charge in [0.15, 0.2) is 0 Å². The smallest absolute Gasteiger partial charge is 0.355 e. The van der Waals surface area contributed by atoms with Crippen LogP contribution in [0.5, 0.6) is 0 Å². The van der Waals surface area contributed by atoms with Crippen molar-refractivity contribution in [3.63, 3.8) is 0 Å². The molecule has 0 radical (unpaired) electrons. The summed E-state index contributed by atoms with van der Waals surface area (Å²) in [5.41, 5.74) is 3.20. The molecule has 156 valence electrons. The number of aryl methyl sites for hydroxylation is 1. The molecule has 0 aliphatic carbocycles. The highest BCUT2D eigenvalue weighted by atomic mass is 16.5. The third kappa shape index (κ3) is 5.36. The number of esters is 1. The number of amides is 2. The molecular weight excluding hydrogens is 358 g/mol. The molecule has 28 heavy (non-hydrogen) atoms. The van der Waals surface area contributed by atoms with Crippen LogP contribution in [-0.4, -0.2) is 53.9 Å². The van der Waals surface area contributed by atoms with E-state index in [9.17, 15) is 14.4 Å². The number of hydrogen-bond acceptors (Lipinski definition) is 4. The zero-order chi connectivity index (χ0) is 20.7. The van der Waals surface area contributed by atoms with Gasteiger partial charge in [0.2, 0.25) is 11.8 Å². The Morgan fingerprint density at radius 3 is 2.68 bits per heavy atom. The molecule has 2 N–H and O–H groups in total. The summed E-state index contributed by atoms with van der Waals surface area (Å²) in [6, 6.07) is 0. The Balaban J connectivity index is 1.95. The molecule has 1 atom stereocenters. The molecule has 0 aromatic carbocycles. The van der Waals surface area contributed by atoms with Gasteiger partial charge in [-0.05, 0) is 57.6 Å². The third-order valence-corrected chi connectivity index (χ3v) is 5.36. The van der Waals surface area contributed by atoms with E-state index in [1.807, 2.05) is 25.7 Å². The van der Waals surface area contributed by atoms with Crippen LogP contribution in [0.25, 0.3) is 0 Å². The lowest BCUT2D eigenvalue weighted by atomic mass is 9.96. The number of ether oxygens (including phenoxy) is 1. The number of hydrogen-bond donors (Lipinski definition) is 2. The Labute approximate surface area is 167 Å². The van der Waals surface area contributed by atoms with Gasteiger partial charge in [-0.2, -0.15) is 0 Å². The summed E-state index contributed by atoms with van der Waals surface area (Å²) in [7, 11) is 0. The van der Waals surface area contributed by atoms with E-state index in [-0.39, 0.29) is 23.7 Å². The summed E-state index contributed by atoms with van der Waals surface area (Å²) < 4.78 is 5.08. The molecule has 0 bridgehead atoms. The van der Waals surface area contributed by atoms with Crippen LogP contribution in [-0.2, 0) is 20.7 Å². The molecule has 1 fully saturated rings. The van der Waals surface area contributed by atoms with E-state index in [2.05, 4.69) is 10.3 Å². The van der Waals surface area contributed by atoms with Crippen LogP contribution in [0.1, 0.15) is 66.8 Å². The van der Waals surface area contributed by atoms with E-state index in [1.54, 1.807) is 6.92 Å². The summed E-state index contributed by atoms with van der Waals surface area (Å²) in [4.78, 5) is 41.9. The van der Waals surface area contributed by atoms with E-state index >= 15 is 0 Å². The van der Waals surface area contributed by atoms with Gasteiger partial charge in [0.25, 0.3) is 0 Å². The maximum Gasteiger partial charge on any atom is 0.355 e. The van der Waals surface area contributed by atoms with Crippen molar-refractivity contribution in [3.8, 4) is 0 Å². The Morgan fingerprint density at radius 2 is 2.00 bits per heavy atom. The molecule has 0 saturated carbocycles. The SMILES string of the molecule is CCCNC(=O)[C@@H]1CCCN(C(=O)CCc2c(C)[nH]c(C(=O)OCC)c2C)C1. The Hall–Kier alpha value is -2.31. The average Bonchev–Trinajstić information content (AvgIpc) is 2.98. The molecule has 0 unspecified atom stereocenters. The van der Waals surface area contributed by atoms with Crippen molar-refractivity contribution in [1.29, 1.82) is 0 Å². The first-order chi connectivity index (χ1) is 13.4. The van der Waals surface area contributed by atoms with Crippen LogP contribution in [0.3, 0.4) is 0 Å². The first-order valence-electron chi connectivity index (χ1n) is 10.3. The van der Waals surface area contributed by atoms with Crippen molar-refractivity contribution in [2.45, 2.75) is 59.8 Å². The lowest BCUT2D eigenvalue weighted by Gasteiger charge is -2.32. The number of likely N-dealkylation sites (tertiary alicyclic amines) is 1. The number of aromatic nitrogens is 1. The number of nitrogens with zero attached hydrogens (tertiary/aromatic N) is 1. The Kier molecular flexibility index (Phi) is 8.08. The molecule has 2 heterocycles. The number of H-pyrrole nitrogens is 1. The summed E-state index contributed by atoms with van der Waals surface area (Å²) >= 11 is 0. The van der Waals surface area contributed by atoms with E-state index in [0.717, 1.165) is 36.1 Å². The van der Waals surface area contributed by atoms with Crippen LogP contribution in [0.4, 0.5) is 0 Å². The van der Waals surface area contributed by atoms with E-state index in [0.29, 0.717) is 44.8 Å². The molecule has 2 rings (SSSR count). The van der Waals surface area contributed by atoms with Gasteiger partial charge in [-0.25, -0.2) is 4.79 Å². The van der Waals surface area contributed by atoms with E-state index in [1.165, 1.54) is 0 Å². The zero-order valence-corrected chi connectivity index (χ0v) is 17.5. The van der Waals surface area contributed by atoms with Gasteiger partial charge in [-0.3, -0.25) is 9.59 Å². The Morgan fingerprint density at radius 1 is 1.25 bits per heavy atom. The van der Waals surface area contributed by atoms with Crippen LogP contribution < -0.4 is 5.32 Å². The molecule has 1 aliphatic heterocycles. The predicted molar refractivity (Wildman–Crippen MR) is 107 cm³/mol. The minimum atomic E-state index is -0.363. The summed E-state index contributed by atoms with van der Waals surface area (Å²) in [5, 5.41) is 2.93. The van der Waals surface area contributed by atoms with Gasteiger partial charge in [-0.1, -0.05) is 6.92 Å². The summed E-state index contributed by atoms with van der Waals surface area (Å²) in [5.74, 6) is -0.366. The minimum absolute atomic E-state index is 0.0516. The van der Waals surface area contributed by atoms with Crippen molar-refractivity contribution >= 4 is 17.8 Å². The molecule has 1 saturated heterocycles. The average molecular weight is 392 g/mol. The first kappa shape index (κ1) is 22.0. The maximum atomic E-state index is 12.7. The highest BCUT2D eigenvalue weighted by Gasteiger charge is 2.28. The van der Waals surface area contributed by atoms with Crippen LogP contribution in [0.2, 0.25) is 0 Å². The lowest BCUT2D eigenvalue weighted by molar-refractivity contribution is -0.135. The third-order valence-electron chi connectivity index (χ3n) is 5.36. The minimum Gasteiger partial charge on any atom is -0.461 e. The van der Waals surface area contributed by atoms with Crippen LogP contribution >= 0.6 is 0 Å². The van der Waals surface area contributed by atoms with E-state index in [4.69, 9.17) is 4.74 Å². The molecule has 7 nitrogen and oxygen atoms in total. The second-order valence-electron chi connectivity index (χ2n) is 7.42. The molecule has 2 amide bonds.